The van der Waals surface area contributed by atoms with Crippen LogP contribution in [0.3, 0.4) is 0 Å². The molecule has 2 fully saturated rings. The second-order valence-electron chi connectivity index (χ2n) is 6.77. The molecule has 1 N–H and O–H groups in total. The van der Waals surface area contributed by atoms with Crippen LogP contribution in [0.15, 0.2) is 24.3 Å². The average Bonchev–Trinajstić information content (AvgIpc) is 3.11. The molecular formula is C18H23NO4. The van der Waals surface area contributed by atoms with Gasteiger partial charge in [-0.1, -0.05) is 18.6 Å². The number of rotatable bonds is 4. The number of amides is 1. The number of carboxylic acids is 1. The molecule has 0 bridgehead atoms. The molecule has 0 spiro atoms. The molecule has 1 unspecified atom stereocenters. The Morgan fingerprint density at radius 1 is 1.43 bits per heavy atom. The van der Waals surface area contributed by atoms with E-state index in [1.807, 2.05) is 31.2 Å². The summed E-state index contributed by atoms with van der Waals surface area (Å²) in [5.74, 6) is -0.212. The van der Waals surface area contributed by atoms with Crippen molar-refractivity contribution in [2.45, 2.75) is 32.1 Å². The molecular weight excluding hydrogens is 294 g/mol. The molecule has 1 heterocycles. The molecule has 0 radical (unpaired) electrons. The van der Waals surface area contributed by atoms with Gasteiger partial charge in [-0.3, -0.25) is 9.59 Å². The van der Waals surface area contributed by atoms with Gasteiger partial charge in [0.25, 0.3) is 0 Å². The highest BCUT2D eigenvalue weighted by atomic mass is 16.5. The number of fused-ring (bicyclic) bond motifs is 1. The van der Waals surface area contributed by atoms with E-state index in [-0.39, 0.29) is 17.7 Å². The van der Waals surface area contributed by atoms with Crippen LogP contribution in [0, 0.1) is 11.3 Å². The van der Waals surface area contributed by atoms with Crippen LogP contribution in [0.2, 0.25) is 0 Å². The standard InChI is InChI=1S/C18H23NO4/c1-12(13-5-3-7-15(9-13)23-2)16(20)19-10-14-6-4-8-18(14,11-19)17(21)22/h3,5,7,9,12,14H,4,6,8,10-11H2,1-2H3,(H,21,22)/t12?,14-,18+/m0/s1. The smallest absolute Gasteiger partial charge is 0.311 e. The molecule has 1 saturated heterocycles. The van der Waals surface area contributed by atoms with Crippen LogP contribution < -0.4 is 4.74 Å². The minimum absolute atomic E-state index is 0.00766. The number of methoxy groups -OCH3 is 1. The predicted molar refractivity (Wildman–Crippen MR) is 85.4 cm³/mol. The average molecular weight is 317 g/mol. The molecule has 2 aliphatic rings. The molecule has 23 heavy (non-hydrogen) atoms. The number of hydrogen-bond acceptors (Lipinski definition) is 3. The fraction of sp³-hybridized carbons (Fsp3) is 0.556. The monoisotopic (exact) mass is 317 g/mol. The Morgan fingerprint density at radius 3 is 2.87 bits per heavy atom. The molecule has 1 saturated carbocycles. The van der Waals surface area contributed by atoms with Crippen molar-refractivity contribution in [2.75, 3.05) is 20.2 Å². The highest BCUT2D eigenvalue weighted by Gasteiger charge is 2.56. The fourth-order valence-corrected chi connectivity index (χ4v) is 4.13. The van der Waals surface area contributed by atoms with E-state index < -0.39 is 11.4 Å². The summed E-state index contributed by atoms with van der Waals surface area (Å²) >= 11 is 0. The van der Waals surface area contributed by atoms with Crippen LogP contribution in [0.4, 0.5) is 0 Å². The van der Waals surface area contributed by atoms with Gasteiger partial charge in [0.05, 0.1) is 18.4 Å². The van der Waals surface area contributed by atoms with Crippen molar-refractivity contribution < 1.29 is 19.4 Å². The number of ether oxygens (including phenoxy) is 1. The van der Waals surface area contributed by atoms with Crippen LogP contribution in [-0.4, -0.2) is 42.1 Å². The molecule has 3 atom stereocenters. The summed E-state index contributed by atoms with van der Waals surface area (Å²) in [5, 5.41) is 9.64. The van der Waals surface area contributed by atoms with Gasteiger partial charge in [-0.15, -0.1) is 0 Å². The van der Waals surface area contributed by atoms with Gasteiger partial charge in [-0.05, 0) is 43.4 Å². The molecule has 1 aliphatic heterocycles. The van der Waals surface area contributed by atoms with Gasteiger partial charge in [0, 0.05) is 13.1 Å². The summed E-state index contributed by atoms with van der Waals surface area (Å²) in [6.07, 6.45) is 2.54. The highest BCUT2D eigenvalue weighted by Crippen LogP contribution is 2.49. The van der Waals surface area contributed by atoms with Crippen LogP contribution in [0.25, 0.3) is 0 Å². The minimum atomic E-state index is -0.746. The maximum atomic E-state index is 12.8. The van der Waals surface area contributed by atoms with Crippen molar-refractivity contribution in [2.24, 2.45) is 11.3 Å². The Kier molecular flexibility index (Phi) is 4.04. The number of nitrogens with zero attached hydrogens (tertiary/aromatic N) is 1. The van der Waals surface area contributed by atoms with E-state index in [0.717, 1.165) is 24.2 Å². The lowest BCUT2D eigenvalue weighted by atomic mass is 9.81. The molecule has 0 aromatic heterocycles. The fourth-order valence-electron chi connectivity index (χ4n) is 4.13. The van der Waals surface area contributed by atoms with Crippen molar-refractivity contribution in [3.63, 3.8) is 0 Å². The van der Waals surface area contributed by atoms with E-state index in [1.165, 1.54) is 0 Å². The lowest BCUT2D eigenvalue weighted by molar-refractivity contribution is -0.149. The topological polar surface area (TPSA) is 66.8 Å². The first-order chi connectivity index (χ1) is 11.0. The van der Waals surface area contributed by atoms with E-state index in [2.05, 4.69) is 0 Å². The third-order valence-corrected chi connectivity index (χ3v) is 5.57. The first kappa shape index (κ1) is 15.8. The quantitative estimate of drug-likeness (QED) is 0.926. The molecule has 1 aliphatic carbocycles. The van der Waals surface area contributed by atoms with Gasteiger partial charge in [0.1, 0.15) is 5.75 Å². The van der Waals surface area contributed by atoms with Gasteiger partial charge >= 0.3 is 5.97 Å². The zero-order chi connectivity index (χ0) is 16.6. The molecule has 1 aromatic carbocycles. The largest absolute Gasteiger partial charge is 0.497 e. The maximum absolute atomic E-state index is 12.8. The Labute approximate surface area is 136 Å². The van der Waals surface area contributed by atoms with Gasteiger partial charge < -0.3 is 14.7 Å². The first-order valence-electron chi connectivity index (χ1n) is 8.14. The van der Waals surface area contributed by atoms with Crippen LogP contribution in [-0.2, 0) is 9.59 Å². The van der Waals surface area contributed by atoms with Gasteiger partial charge in [0.2, 0.25) is 5.91 Å². The Morgan fingerprint density at radius 2 is 2.22 bits per heavy atom. The van der Waals surface area contributed by atoms with Crippen molar-refractivity contribution in [1.82, 2.24) is 4.90 Å². The number of carbonyl (C=O) groups excluding carboxylic acids is 1. The summed E-state index contributed by atoms with van der Waals surface area (Å²) in [5.41, 5.74) is 0.180. The van der Waals surface area contributed by atoms with Gasteiger partial charge in [-0.2, -0.15) is 0 Å². The molecule has 5 nitrogen and oxygen atoms in total. The second kappa shape index (κ2) is 5.87. The third kappa shape index (κ3) is 2.58. The van der Waals surface area contributed by atoms with Crippen molar-refractivity contribution in [1.29, 1.82) is 0 Å². The summed E-state index contributed by atoms with van der Waals surface area (Å²) in [6, 6.07) is 7.50. The highest BCUT2D eigenvalue weighted by molar-refractivity contribution is 5.86. The Hall–Kier alpha value is -2.04. The lowest BCUT2D eigenvalue weighted by Gasteiger charge is -2.25. The Bertz CT molecular complexity index is 629. The second-order valence-corrected chi connectivity index (χ2v) is 6.77. The SMILES string of the molecule is COc1cccc(C(C)C(=O)N2C[C@@H]3CCC[C@@]3(C(=O)O)C2)c1. The maximum Gasteiger partial charge on any atom is 0.311 e. The van der Waals surface area contributed by atoms with E-state index in [9.17, 15) is 14.7 Å². The summed E-state index contributed by atoms with van der Waals surface area (Å²) < 4.78 is 5.22. The minimum Gasteiger partial charge on any atom is -0.497 e. The number of benzene rings is 1. The number of hydrogen-bond donors (Lipinski definition) is 1. The number of likely N-dealkylation sites (tertiary alicyclic amines) is 1. The lowest BCUT2D eigenvalue weighted by Crippen LogP contribution is -2.38. The van der Waals surface area contributed by atoms with Gasteiger partial charge in [-0.25, -0.2) is 0 Å². The van der Waals surface area contributed by atoms with Crippen molar-refractivity contribution in [3.05, 3.63) is 29.8 Å². The number of aliphatic carboxylic acids is 1. The van der Waals surface area contributed by atoms with Crippen LogP contribution >= 0.6 is 0 Å². The van der Waals surface area contributed by atoms with Crippen LogP contribution in [0.5, 0.6) is 5.75 Å². The zero-order valence-electron chi connectivity index (χ0n) is 13.6. The van der Waals surface area contributed by atoms with E-state index in [1.54, 1.807) is 12.0 Å². The molecule has 124 valence electrons. The normalized spacial score (nSPS) is 27.6. The van der Waals surface area contributed by atoms with Crippen LogP contribution in [0.1, 0.15) is 37.7 Å². The van der Waals surface area contributed by atoms with Crippen molar-refractivity contribution >= 4 is 11.9 Å². The zero-order valence-corrected chi connectivity index (χ0v) is 13.6. The number of carboxylic acid groups (broad SMARTS) is 1. The summed E-state index contributed by atoms with van der Waals surface area (Å²) in [7, 11) is 1.60. The molecule has 1 aromatic rings. The molecule has 1 amide bonds. The predicted octanol–water partition coefficient (Wildman–Crippen LogP) is 2.51. The van der Waals surface area contributed by atoms with Crippen molar-refractivity contribution in [3.8, 4) is 5.75 Å². The summed E-state index contributed by atoms with van der Waals surface area (Å²) in [6.45, 7) is 2.79. The number of carbonyl (C=O) groups is 2. The molecule has 3 rings (SSSR count). The Balaban J connectivity index is 1.77. The molecule has 5 heteroatoms. The van der Waals surface area contributed by atoms with E-state index in [4.69, 9.17) is 4.74 Å². The third-order valence-electron chi connectivity index (χ3n) is 5.57. The van der Waals surface area contributed by atoms with Gasteiger partial charge in [0.15, 0.2) is 0 Å². The van der Waals surface area contributed by atoms with E-state index in [0.29, 0.717) is 19.5 Å². The summed E-state index contributed by atoms with van der Waals surface area (Å²) in [4.78, 5) is 26.3. The first-order valence-corrected chi connectivity index (χ1v) is 8.14. The van der Waals surface area contributed by atoms with E-state index >= 15 is 0 Å².